The summed E-state index contributed by atoms with van der Waals surface area (Å²) in [7, 11) is 0. The Kier molecular flexibility index (Phi) is 5.72. The average Bonchev–Trinajstić information content (AvgIpc) is 2.93. The molecule has 1 aliphatic rings. The van der Waals surface area contributed by atoms with Crippen molar-refractivity contribution in [3.63, 3.8) is 0 Å². The maximum Gasteiger partial charge on any atom is 0.251 e. The number of carbonyl (C=O) groups is 1. The van der Waals surface area contributed by atoms with Gasteiger partial charge in [0.05, 0.1) is 18.8 Å². The fourth-order valence-electron chi connectivity index (χ4n) is 3.35. The van der Waals surface area contributed by atoms with Crippen LogP contribution in [0, 0.1) is 18.2 Å². The number of ether oxygens (including phenoxy) is 1. The van der Waals surface area contributed by atoms with Crippen molar-refractivity contribution in [1.82, 2.24) is 10.3 Å². The first kappa shape index (κ1) is 19.3. The van der Waals surface area contributed by atoms with Gasteiger partial charge in [-0.2, -0.15) is 0 Å². The zero-order valence-corrected chi connectivity index (χ0v) is 15.1. The van der Waals surface area contributed by atoms with Crippen LogP contribution < -0.4 is 10.1 Å². The van der Waals surface area contributed by atoms with E-state index in [4.69, 9.17) is 4.74 Å². The van der Waals surface area contributed by atoms with Crippen molar-refractivity contribution in [2.75, 3.05) is 13.2 Å². The van der Waals surface area contributed by atoms with Gasteiger partial charge in [0.25, 0.3) is 5.91 Å². The number of hydrogen-bond donors (Lipinski definition) is 3. The first-order valence-corrected chi connectivity index (χ1v) is 8.83. The lowest BCUT2D eigenvalue weighted by Gasteiger charge is -2.29. The van der Waals surface area contributed by atoms with Gasteiger partial charge in [0.15, 0.2) is 0 Å². The minimum atomic E-state index is -0.873. The highest BCUT2D eigenvalue weighted by Crippen LogP contribution is 2.38. The van der Waals surface area contributed by atoms with Crippen molar-refractivity contribution < 1.29 is 24.1 Å². The largest absolute Gasteiger partial charge is 0.477 e. The van der Waals surface area contributed by atoms with Crippen molar-refractivity contribution >= 4 is 5.91 Å². The lowest BCUT2D eigenvalue weighted by atomic mass is 9.86. The van der Waals surface area contributed by atoms with Gasteiger partial charge in [-0.1, -0.05) is 6.07 Å². The highest BCUT2D eigenvalue weighted by atomic mass is 19.1. The predicted octanol–water partition coefficient (Wildman–Crippen LogP) is 1.84. The molecule has 7 heteroatoms. The predicted molar refractivity (Wildman–Crippen MR) is 96.9 cm³/mol. The summed E-state index contributed by atoms with van der Waals surface area (Å²) in [5.41, 5.74) is 0.532. The standard InChI is InChI=1S/C20H23FN2O4/c1-13-3-2-4-18(23-13)27-12-20(9-16(24)17(25)10-20)11-22-19(26)14-5-7-15(21)8-6-14/h2-8,16-17,24-25H,9-12H2,1H3,(H,22,26). The number of aryl methyl sites for hydroxylation is 1. The van der Waals surface area contributed by atoms with Gasteiger partial charge in [-0.25, -0.2) is 9.37 Å². The molecule has 0 bridgehead atoms. The first-order valence-electron chi connectivity index (χ1n) is 8.83. The Labute approximate surface area is 157 Å². The Morgan fingerprint density at radius 2 is 1.89 bits per heavy atom. The van der Waals surface area contributed by atoms with Crippen molar-refractivity contribution in [2.45, 2.75) is 32.0 Å². The number of aliphatic hydroxyl groups excluding tert-OH is 2. The molecule has 0 saturated heterocycles. The van der Waals surface area contributed by atoms with Crippen molar-refractivity contribution in [2.24, 2.45) is 5.41 Å². The summed E-state index contributed by atoms with van der Waals surface area (Å²) in [5.74, 6) is -0.307. The second kappa shape index (κ2) is 8.02. The summed E-state index contributed by atoms with van der Waals surface area (Å²) in [6.07, 6.45) is -1.16. The van der Waals surface area contributed by atoms with E-state index in [1.54, 1.807) is 6.07 Å². The number of carbonyl (C=O) groups excluding carboxylic acids is 1. The van der Waals surface area contributed by atoms with E-state index in [-0.39, 0.29) is 19.1 Å². The Morgan fingerprint density at radius 3 is 2.52 bits per heavy atom. The molecule has 6 nitrogen and oxygen atoms in total. The monoisotopic (exact) mass is 374 g/mol. The summed E-state index contributed by atoms with van der Waals surface area (Å²) >= 11 is 0. The number of aromatic nitrogens is 1. The summed E-state index contributed by atoms with van der Waals surface area (Å²) in [6, 6.07) is 10.7. The van der Waals surface area contributed by atoms with Crippen LogP contribution in [0.25, 0.3) is 0 Å². The van der Waals surface area contributed by atoms with E-state index < -0.39 is 23.4 Å². The maximum absolute atomic E-state index is 13.0. The molecule has 1 aliphatic carbocycles. The molecule has 2 atom stereocenters. The molecule has 1 saturated carbocycles. The zero-order valence-electron chi connectivity index (χ0n) is 15.1. The third-order valence-corrected chi connectivity index (χ3v) is 4.85. The third kappa shape index (κ3) is 4.81. The van der Waals surface area contributed by atoms with Crippen molar-refractivity contribution in [3.05, 3.63) is 59.5 Å². The minimum absolute atomic E-state index is 0.196. The van der Waals surface area contributed by atoms with Crippen LogP contribution in [0.4, 0.5) is 4.39 Å². The molecule has 1 fully saturated rings. The smallest absolute Gasteiger partial charge is 0.251 e. The van der Waals surface area contributed by atoms with Crippen LogP contribution in [0.3, 0.4) is 0 Å². The third-order valence-electron chi connectivity index (χ3n) is 4.85. The molecule has 1 heterocycles. The van der Waals surface area contributed by atoms with E-state index in [0.717, 1.165) is 5.69 Å². The topological polar surface area (TPSA) is 91.7 Å². The van der Waals surface area contributed by atoms with Gasteiger partial charge in [0.2, 0.25) is 5.88 Å². The molecular weight excluding hydrogens is 351 g/mol. The summed E-state index contributed by atoms with van der Waals surface area (Å²) in [4.78, 5) is 16.6. The molecule has 144 valence electrons. The number of benzene rings is 1. The fraction of sp³-hybridized carbons (Fsp3) is 0.400. The molecule has 3 rings (SSSR count). The van der Waals surface area contributed by atoms with Crippen molar-refractivity contribution in [3.8, 4) is 5.88 Å². The number of aliphatic hydroxyl groups is 2. The Morgan fingerprint density at radius 1 is 1.22 bits per heavy atom. The number of amides is 1. The number of hydrogen-bond acceptors (Lipinski definition) is 5. The van der Waals surface area contributed by atoms with Crippen molar-refractivity contribution in [1.29, 1.82) is 0 Å². The van der Waals surface area contributed by atoms with E-state index in [9.17, 15) is 19.4 Å². The number of nitrogens with zero attached hydrogens (tertiary/aromatic N) is 1. The van der Waals surface area contributed by atoms with E-state index in [1.807, 2.05) is 19.1 Å². The molecule has 0 radical (unpaired) electrons. The molecule has 1 amide bonds. The zero-order chi connectivity index (χ0) is 19.4. The molecule has 3 N–H and O–H groups in total. The molecule has 0 aliphatic heterocycles. The Hall–Kier alpha value is -2.51. The van der Waals surface area contributed by atoms with E-state index in [0.29, 0.717) is 24.3 Å². The van der Waals surface area contributed by atoms with Crippen LogP contribution in [0.15, 0.2) is 42.5 Å². The Bertz CT molecular complexity index is 787. The Balaban J connectivity index is 1.67. The van der Waals surface area contributed by atoms with Gasteiger partial charge in [0.1, 0.15) is 5.82 Å². The van der Waals surface area contributed by atoms with Gasteiger partial charge in [-0.05, 0) is 50.1 Å². The van der Waals surface area contributed by atoms with Gasteiger partial charge in [0, 0.05) is 29.3 Å². The maximum atomic E-state index is 13.0. The van der Waals surface area contributed by atoms with Crippen LogP contribution in [0.2, 0.25) is 0 Å². The number of rotatable bonds is 6. The number of halogens is 1. The van der Waals surface area contributed by atoms with Gasteiger partial charge < -0.3 is 20.3 Å². The summed E-state index contributed by atoms with van der Waals surface area (Å²) < 4.78 is 18.8. The average molecular weight is 374 g/mol. The lowest BCUT2D eigenvalue weighted by molar-refractivity contribution is 0.0438. The second-order valence-electron chi connectivity index (χ2n) is 7.14. The lowest BCUT2D eigenvalue weighted by Crippen LogP contribution is -2.40. The van der Waals surface area contributed by atoms with Gasteiger partial charge in [-0.15, -0.1) is 0 Å². The molecule has 1 aromatic heterocycles. The second-order valence-corrected chi connectivity index (χ2v) is 7.14. The first-order chi connectivity index (χ1) is 12.9. The molecule has 2 unspecified atom stereocenters. The molecule has 2 aromatic rings. The van der Waals surface area contributed by atoms with Gasteiger partial charge in [-0.3, -0.25) is 4.79 Å². The van der Waals surface area contributed by atoms with E-state index in [2.05, 4.69) is 10.3 Å². The van der Waals surface area contributed by atoms with Crippen LogP contribution >= 0.6 is 0 Å². The minimum Gasteiger partial charge on any atom is -0.477 e. The fourth-order valence-corrected chi connectivity index (χ4v) is 3.35. The van der Waals surface area contributed by atoms with E-state index in [1.165, 1.54) is 24.3 Å². The van der Waals surface area contributed by atoms with Gasteiger partial charge >= 0.3 is 0 Å². The molecule has 0 spiro atoms. The van der Waals surface area contributed by atoms with Crippen LogP contribution in [-0.4, -0.2) is 46.5 Å². The number of pyridine rings is 1. The van der Waals surface area contributed by atoms with Crippen LogP contribution in [-0.2, 0) is 0 Å². The SMILES string of the molecule is Cc1cccc(OCC2(CNC(=O)c3ccc(F)cc3)CC(O)C(O)C2)n1. The normalized spacial score (nSPS) is 24.6. The molecule has 27 heavy (non-hydrogen) atoms. The molecular formula is C20H23FN2O4. The highest BCUT2D eigenvalue weighted by Gasteiger charge is 2.45. The molecule has 1 aromatic carbocycles. The number of nitrogens with one attached hydrogen (secondary N) is 1. The van der Waals surface area contributed by atoms with Crippen LogP contribution in [0.5, 0.6) is 5.88 Å². The van der Waals surface area contributed by atoms with E-state index >= 15 is 0 Å². The highest BCUT2D eigenvalue weighted by molar-refractivity contribution is 5.94. The summed E-state index contributed by atoms with van der Waals surface area (Å²) in [6.45, 7) is 2.26. The van der Waals surface area contributed by atoms with Crippen LogP contribution in [0.1, 0.15) is 28.9 Å². The summed E-state index contributed by atoms with van der Waals surface area (Å²) in [5, 5.41) is 22.8. The quantitative estimate of drug-likeness (QED) is 0.718.